The molecule has 0 saturated carbocycles. The second-order valence-corrected chi connectivity index (χ2v) is 8.67. The number of methoxy groups -OCH3 is 2. The van der Waals surface area contributed by atoms with Gasteiger partial charge in [-0.3, -0.25) is 0 Å². The Morgan fingerprint density at radius 3 is 2.35 bits per heavy atom. The second kappa shape index (κ2) is 7.32. The highest BCUT2D eigenvalue weighted by molar-refractivity contribution is 7.88. The van der Waals surface area contributed by atoms with Crippen LogP contribution in [0.1, 0.15) is 25.7 Å². The van der Waals surface area contributed by atoms with Gasteiger partial charge in [-0.25, -0.2) is 13.2 Å². The third-order valence-corrected chi connectivity index (χ3v) is 6.40. The Morgan fingerprint density at radius 1 is 1.15 bits per heavy atom. The average molecular weight is 383 g/mol. The first-order valence-electron chi connectivity index (χ1n) is 8.60. The largest absolute Gasteiger partial charge is 0.493 e. The molecule has 0 spiro atoms. The lowest BCUT2D eigenvalue weighted by molar-refractivity contribution is 0.204. The van der Waals surface area contributed by atoms with Crippen LogP contribution < -0.4 is 20.1 Å². The molecule has 144 valence electrons. The van der Waals surface area contributed by atoms with Crippen molar-refractivity contribution in [2.45, 2.75) is 43.8 Å². The molecule has 2 atom stereocenters. The number of para-hydroxylation sites is 1. The molecule has 1 aromatic rings. The fraction of sp³-hybridized carbons (Fsp3) is 0.588. The van der Waals surface area contributed by atoms with E-state index in [1.807, 2.05) is 0 Å². The van der Waals surface area contributed by atoms with Crippen LogP contribution in [-0.4, -0.2) is 57.4 Å². The minimum Gasteiger partial charge on any atom is -0.493 e. The first-order valence-corrected chi connectivity index (χ1v) is 10.4. The maximum Gasteiger partial charge on any atom is 0.319 e. The molecule has 2 aliphatic rings. The molecule has 2 saturated heterocycles. The smallest absolute Gasteiger partial charge is 0.319 e. The molecule has 26 heavy (non-hydrogen) atoms. The molecule has 2 aliphatic heterocycles. The second-order valence-electron chi connectivity index (χ2n) is 6.79. The molecule has 2 N–H and O–H groups in total. The van der Waals surface area contributed by atoms with Crippen LogP contribution in [0.5, 0.6) is 11.5 Å². The zero-order valence-electron chi connectivity index (χ0n) is 15.2. The molecule has 2 heterocycles. The molecule has 0 radical (unpaired) electrons. The Balaban J connectivity index is 1.64. The summed E-state index contributed by atoms with van der Waals surface area (Å²) < 4.78 is 36.1. The Labute approximate surface area is 153 Å². The van der Waals surface area contributed by atoms with Gasteiger partial charge in [-0.2, -0.15) is 4.31 Å². The van der Waals surface area contributed by atoms with Crippen LogP contribution in [-0.2, 0) is 10.0 Å². The Bertz CT molecular complexity index is 769. The summed E-state index contributed by atoms with van der Waals surface area (Å²) in [5.41, 5.74) is 0.515. The average Bonchev–Trinajstić information content (AvgIpc) is 2.87. The van der Waals surface area contributed by atoms with E-state index >= 15 is 0 Å². The number of carbonyl (C=O) groups is 1. The number of benzene rings is 1. The number of piperidine rings is 1. The van der Waals surface area contributed by atoms with E-state index in [0.29, 0.717) is 30.0 Å². The summed E-state index contributed by atoms with van der Waals surface area (Å²) in [5.74, 6) is 0.988. The first-order chi connectivity index (χ1) is 12.3. The van der Waals surface area contributed by atoms with Gasteiger partial charge in [-0.15, -0.1) is 0 Å². The van der Waals surface area contributed by atoms with Gasteiger partial charge in [0.15, 0.2) is 11.5 Å². The molecular formula is C17H25N3O5S. The van der Waals surface area contributed by atoms with Crippen molar-refractivity contribution in [3.8, 4) is 11.5 Å². The lowest BCUT2D eigenvalue weighted by Crippen LogP contribution is -2.52. The van der Waals surface area contributed by atoms with Gasteiger partial charge in [0.05, 0.1) is 26.2 Å². The Kier molecular flexibility index (Phi) is 5.29. The lowest BCUT2D eigenvalue weighted by atomic mass is 10.00. The van der Waals surface area contributed by atoms with Crippen molar-refractivity contribution in [3.63, 3.8) is 0 Å². The number of nitrogens with zero attached hydrogens (tertiary/aromatic N) is 1. The number of sulfonamides is 1. The van der Waals surface area contributed by atoms with E-state index < -0.39 is 10.0 Å². The zero-order valence-corrected chi connectivity index (χ0v) is 16.0. The van der Waals surface area contributed by atoms with Gasteiger partial charge in [0.25, 0.3) is 0 Å². The van der Waals surface area contributed by atoms with Crippen molar-refractivity contribution < 1.29 is 22.7 Å². The summed E-state index contributed by atoms with van der Waals surface area (Å²) in [5, 5.41) is 5.75. The minimum absolute atomic E-state index is 0.0274. The van der Waals surface area contributed by atoms with Gasteiger partial charge in [0.2, 0.25) is 10.0 Å². The molecule has 2 fully saturated rings. The van der Waals surface area contributed by atoms with E-state index in [2.05, 4.69) is 10.6 Å². The van der Waals surface area contributed by atoms with Crippen molar-refractivity contribution in [2.24, 2.45) is 0 Å². The topological polar surface area (TPSA) is 97.0 Å². The Hall–Kier alpha value is -2.00. The number of carbonyl (C=O) groups excluding carboxylic acids is 1. The lowest BCUT2D eigenvalue weighted by Gasteiger charge is -2.37. The predicted octanol–water partition coefficient (Wildman–Crippen LogP) is 1.78. The van der Waals surface area contributed by atoms with Gasteiger partial charge >= 0.3 is 6.03 Å². The third kappa shape index (κ3) is 3.73. The molecule has 0 aliphatic carbocycles. The summed E-state index contributed by atoms with van der Waals surface area (Å²) in [6.07, 6.45) is 4.22. The summed E-state index contributed by atoms with van der Waals surface area (Å²) >= 11 is 0. The van der Waals surface area contributed by atoms with E-state index in [9.17, 15) is 13.2 Å². The molecule has 0 aromatic heterocycles. The Morgan fingerprint density at radius 2 is 1.81 bits per heavy atom. The summed E-state index contributed by atoms with van der Waals surface area (Å²) in [4.78, 5) is 12.4. The number of amides is 2. The van der Waals surface area contributed by atoms with Gasteiger partial charge in [-0.1, -0.05) is 6.07 Å². The van der Waals surface area contributed by atoms with E-state index in [-0.39, 0.29) is 24.2 Å². The SMILES string of the molecule is COc1cccc(NC(=O)NC2CC3CCC(C2)N3S(C)(=O)=O)c1OC. The monoisotopic (exact) mass is 383 g/mol. The minimum atomic E-state index is -3.20. The van der Waals surface area contributed by atoms with E-state index in [1.165, 1.54) is 20.5 Å². The highest BCUT2D eigenvalue weighted by Crippen LogP contribution is 2.38. The van der Waals surface area contributed by atoms with Gasteiger partial charge in [0.1, 0.15) is 0 Å². The van der Waals surface area contributed by atoms with Gasteiger partial charge in [0, 0.05) is 18.1 Å². The predicted molar refractivity (Wildman–Crippen MR) is 98.2 cm³/mol. The number of fused-ring (bicyclic) bond motifs is 2. The van der Waals surface area contributed by atoms with Crippen LogP contribution in [0.4, 0.5) is 10.5 Å². The van der Waals surface area contributed by atoms with Crippen LogP contribution in [0.25, 0.3) is 0 Å². The van der Waals surface area contributed by atoms with Gasteiger partial charge in [-0.05, 0) is 37.8 Å². The molecular weight excluding hydrogens is 358 g/mol. The van der Waals surface area contributed by atoms with Crippen LogP contribution in [0.2, 0.25) is 0 Å². The number of hydrogen-bond donors (Lipinski definition) is 2. The molecule has 3 rings (SSSR count). The standard InChI is InChI=1S/C17H25N3O5S/c1-24-15-6-4-5-14(16(15)25-2)19-17(21)18-11-9-12-7-8-13(10-11)20(12)26(3,22)23/h4-6,11-13H,7-10H2,1-3H3,(H2,18,19,21). The number of rotatable bonds is 5. The fourth-order valence-corrected chi connectivity index (χ4v) is 5.59. The molecule has 9 heteroatoms. The van der Waals surface area contributed by atoms with Crippen LogP contribution >= 0.6 is 0 Å². The summed E-state index contributed by atoms with van der Waals surface area (Å²) in [6, 6.07) is 4.80. The van der Waals surface area contributed by atoms with E-state index in [1.54, 1.807) is 22.5 Å². The van der Waals surface area contributed by atoms with Crippen LogP contribution in [0, 0.1) is 0 Å². The maximum atomic E-state index is 12.4. The molecule has 8 nitrogen and oxygen atoms in total. The summed E-state index contributed by atoms with van der Waals surface area (Å²) in [6.45, 7) is 0. The first kappa shape index (κ1) is 18.8. The number of ether oxygens (including phenoxy) is 2. The van der Waals surface area contributed by atoms with E-state index in [4.69, 9.17) is 9.47 Å². The number of hydrogen-bond acceptors (Lipinski definition) is 5. The number of nitrogens with one attached hydrogen (secondary N) is 2. The fourth-order valence-electron chi connectivity index (χ4n) is 4.12. The third-order valence-electron chi connectivity index (χ3n) is 5.04. The van der Waals surface area contributed by atoms with Gasteiger partial charge < -0.3 is 20.1 Å². The normalized spacial score (nSPS) is 25.6. The maximum absolute atomic E-state index is 12.4. The number of anilines is 1. The van der Waals surface area contributed by atoms with Crippen molar-refractivity contribution in [3.05, 3.63) is 18.2 Å². The van der Waals surface area contributed by atoms with Crippen molar-refractivity contribution >= 4 is 21.7 Å². The molecule has 2 amide bonds. The summed E-state index contributed by atoms with van der Waals surface area (Å²) in [7, 11) is -0.156. The van der Waals surface area contributed by atoms with Crippen LogP contribution in [0.3, 0.4) is 0 Å². The quantitative estimate of drug-likeness (QED) is 0.808. The van der Waals surface area contributed by atoms with E-state index in [0.717, 1.165) is 12.8 Å². The van der Waals surface area contributed by atoms with Crippen molar-refractivity contribution in [1.29, 1.82) is 0 Å². The number of urea groups is 1. The van der Waals surface area contributed by atoms with Crippen molar-refractivity contribution in [1.82, 2.24) is 9.62 Å². The molecule has 1 aromatic carbocycles. The highest BCUT2D eigenvalue weighted by atomic mass is 32.2. The van der Waals surface area contributed by atoms with Crippen molar-refractivity contribution in [2.75, 3.05) is 25.8 Å². The zero-order chi connectivity index (χ0) is 18.9. The highest BCUT2D eigenvalue weighted by Gasteiger charge is 2.45. The molecule has 2 unspecified atom stereocenters. The molecule has 2 bridgehead atoms. The van der Waals surface area contributed by atoms with Crippen LogP contribution in [0.15, 0.2) is 18.2 Å².